The van der Waals surface area contributed by atoms with Crippen LogP contribution < -0.4 is 10.6 Å². The van der Waals surface area contributed by atoms with Gasteiger partial charge in [-0.1, -0.05) is 6.08 Å². The van der Waals surface area contributed by atoms with Gasteiger partial charge >= 0.3 is 5.69 Å². The molecule has 0 saturated heterocycles. The largest absolute Gasteiger partial charge is 0.385 e. The van der Waals surface area contributed by atoms with Gasteiger partial charge in [0.15, 0.2) is 0 Å². The van der Waals surface area contributed by atoms with Crippen molar-refractivity contribution < 1.29 is 9.66 Å². The summed E-state index contributed by atoms with van der Waals surface area (Å²) in [6.45, 7) is 5.04. The molecule has 0 bridgehead atoms. The van der Waals surface area contributed by atoms with E-state index < -0.39 is 4.92 Å². The maximum atomic E-state index is 11.1. The summed E-state index contributed by atoms with van der Waals surface area (Å²) in [5, 5.41) is 16.8. The average Bonchev–Trinajstić information content (AvgIpc) is 2.41. The van der Waals surface area contributed by atoms with Crippen LogP contribution in [0.4, 0.5) is 17.3 Å². The number of hydrogen-bond acceptors (Lipinski definition) is 7. The van der Waals surface area contributed by atoms with Crippen LogP contribution in [-0.4, -0.2) is 41.7 Å². The molecule has 1 heterocycles. The quantitative estimate of drug-likeness (QED) is 0.302. The summed E-state index contributed by atoms with van der Waals surface area (Å²) in [6, 6.07) is 0. The third kappa shape index (κ3) is 4.51. The molecule has 0 aliphatic heterocycles. The van der Waals surface area contributed by atoms with Crippen molar-refractivity contribution in [3.63, 3.8) is 0 Å². The Morgan fingerprint density at radius 3 is 2.74 bits per heavy atom. The zero-order valence-corrected chi connectivity index (χ0v) is 10.8. The van der Waals surface area contributed by atoms with Crippen LogP contribution in [0.5, 0.6) is 0 Å². The van der Waals surface area contributed by atoms with E-state index in [9.17, 15) is 10.1 Å². The molecule has 0 aromatic carbocycles. The van der Waals surface area contributed by atoms with Gasteiger partial charge in [-0.05, 0) is 6.42 Å². The van der Waals surface area contributed by atoms with Crippen molar-refractivity contribution in [2.45, 2.75) is 6.42 Å². The fraction of sp³-hybridized carbons (Fsp3) is 0.455. The molecule has 0 amide bonds. The molecule has 19 heavy (non-hydrogen) atoms. The van der Waals surface area contributed by atoms with Gasteiger partial charge < -0.3 is 15.4 Å². The van der Waals surface area contributed by atoms with E-state index in [2.05, 4.69) is 27.2 Å². The van der Waals surface area contributed by atoms with Crippen molar-refractivity contribution in [2.24, 2.45) is 0 Å². The summed E-state index contributed by atoms with van der Waals surface area (Å²) in [5.74, 6) is 0.372. The Morgan fingerprint density at radius 1 is 1.47 bits per heavy atom. The predicted octanol–water partition coefficient (Wildman–Crippen LogP) is 1.43. The molecule has 1 aromatic rings. The highest BCUT2D eigenvalue weighted by Crippen LogP contribution is 2.28. The van der Waals surface area contributed by atoms with Crippen molar-refractivity contribution >= 4 is 17.3 Å². The normalized spacial score (nSPS) is 9.95. The van der Waals surface area contributed by atoms with Crippen LogP contribution in [-0.2, 0) is 4.74 Å². The standard InChI is InChI=1S/C11H17N5O3/c1-3-5-12-10-9(16(17)18)11(15-8-14-10)13-6-4-7-19-2/h3,8H,1,4-7H2,2H3,(H2,12,13,14,15). The first-order chi connectivity index (χ1) is 9.20. The lowest BCUT2D eigenvalue weighted by molar-refractivity contribution is -0.383. The van der Waals surface area contributed by atoms with Gasteiger partial charge in [0.05, 0.1) is 4.92 Å². The molecule has 8 nitrogen and oxygen atoms in total. The van der Waals surface area contributed by atoms with Crippen molar-refractivity contribution in [1.82, 2.24) is 9.97 Å². The summed E-state index contributed by atoms with van der Waals surface area (Å²) >= 11 is 0. The summed E-state index contributed by atoms with van der Waals surface area (Å²) < 4.78 is 4.90. The van der Waals surface area contributed by atoms with E-state index in [4.69, 9.17) is 4.74 Å². The van der Waals surface area contributed by atoms with Gasteiger partial charge in [0.2, 0.25) is 11.6 Å². The van der Waals surface area contributed by atoms with Gasteiger partial charge in [-0.3, -0.25) is 10.1 Å². The van der Waals surface area contributed by atoms with E-state index in [0.717, 1.165) is 6.42 Å². The lowest BCUT2D eigenvalue weighted by Gasteiger charge is -2.08. The Labute approximate surface area is 111 Å². The van der Waals surface area contributed by atoms with E-state index in [-0.39, 0.29) is 17.3 Å². The monoisotopic (exact) mass is 267 g/mol. The number of methoxy groups -OCH3 is 1. The number of nitrogens with zero attached hydrogens (tertiary/aromatic N) is 3. The molecular weight excluding hydrogens is 250 g/mol. The second kappa shape index (κ2) is 7.98. The Kier molecular flexibility index (Phi) is 6.23. The molecule has 2 N–H and O–H groups in total. The van der Waals surface area contributed by atoms with E-state index in [1.807, 2.05) is 0 Å². The van der Waals surface area contributed by atoms with Gasteiger partial charge in [-0.2, -0.15) is 0 Å². The zero-order chi connectivity index (χ0) is 14.1. The third-order valence-electron chi connectivity index (χ3n) is 2.24. The number of rotatable bonds is 9. The van der Waals surface area contributed by atoms with Crippen molar-refractivity contribution in [3.05, 3.63) is 29.1 Å². The van der Waals surface area contributed by atoms with Crippen LogP contribution in [0.3, 0.4) is 0 Å². The highest BCUT2D eigenvalue weighted by atomic mass is 16.6. The van der Waals surface area contributed by atoms with Crippen LogP contribution in [0.15, 0.2) is 19.0 Å². The zero-order valence-electron chi connectivity index (χ0n) is 10.8. The molecule has 0 aliphatic carbocycles. The fourth-order valence-electron chi connectivity index (χ4n) is 1.40. The second-order valence-corrected chi connectivity index (χ2v) is 3.62. The lowest BCUT2D eigenvalue weighted by atomic mass is 10.4. The fourth-order valence-corrected chi connectivity index (χ4v) is 1.40. The summed E-state index contributed by atoms with van der Waals surface area (Å²) in [4.78, 5) is 18.3. The second-order valence-electron chi connectivity index (χ2n) is 3.62. The number of anilines is 2. The molecule has 8 heteroatoms. The van der Waals surface area contributed by atoms with E-state index in [1.165, 1.54) is 6.33 Å². The number of nitrogens with one attached hydrogen (secondary N) is 2. The van der Waals surface area contributed by atoms with E-state index in [1.54, 1.807) is 13.2 Å². The Bertz CT molecular complexity index is 438. The smallest absolute Gasteiger partial charge is 0.353 e. The lowest BCUT2D eigenvalue weighted by Crippen LogP contribution is -2.11. The highest BCUT2D eigenvalue weighted by molar-refractivity contribution is 5.69. The van der Waals surface area contributed by atoms with Crippen LogP contribution in [0.1, 0.15) is 6.42 Å². The Morgan fingerprint density at radius 2 is 2.16 bits per heavy atom. The molecular formula is C11H17N5O3. The first-order valence-corrected chi connectivity index (χ1v) is 5.77. The minimum Gasteiger partial charge on any atom is -0.385 e. The number of aromatic nitrogens is 2. The van der Waals surface area contributed by atoms with Crippen LogP contribution in [0.25, 0.3) is 0 Å². The SMILES string of the molecule is C=CCNc1ncnc(NCCCOC)c1[N+](=O)[O-]. The molecule has 0 spiro atoms. The summed E-state index contributed by atoms with van der Waals surface area (Å²) in [5.41, 5.74) is -0.165. The van der Waals surface area contributed by atoms with Gasteiger partial charge in [-0.15, -0.1) is 6.58 Å². The molecule has 0 unspecified atom stereocenters. The predicted molar refractivity (Wildman–Crippen MR) is 72.4 cm³/mol. The number of ether oxygens (including phenoxy) is 1. The minimum absolute atomic E-state index is 0.165. The minimum atomic E-state index is -0.510. The van der Waals surface area contributed by atoms with Crippen LogP contribution in [0, 0.1) is 10.1 Å². The summed E-state index contributed by atoms with van der Waals surface area (Å²) in [7, 11) is 1.60. The molecule has 1 aromatic heterocycles. The molecule has 0 aliphatic rings. The molecule has 0 radical (unpaired) electrons. The molecule has 0 atom stereocenters. The molecule has 104 valence electrons. The first kappa shape index (κ1) is 14.8. The third-order valence-corrected chi connectivity index (χ3v) is 2.24. The van der Waals surface area contributed by atoms with Gasteiger partial charge in [0, 0.05) is 26.8 Å². The molecule has 0 saturated carbocycles. The summed E-state index contributed by atoms with van der Waals surface area (Å²) in [6.07, 6.45) is 3.60. The van der Waals surface area contributed by atoms with Gasteiger partial charge in [0.1, 0.15) is 6.33 Å². The van der Waals surface area contributed by atoms with Crippen molar-refractivity contribution in [2.75, 3.05) is 37.4 Å². The van der Waals surface area contributed by atoms with Crippen molar-refractivity contribution in [3.8, 4) is 0 Å². The molecule has 0 fully saturated rings. The Hall–Kier alpha value is -2.22. The van der Waals surface area contributed by atoms with Crippen molar-refractivity contribution in [1.29, 1.82) is 0 Å². The topological polar surface area (TPSA) is 102 Å². The first-order valence-electron chi connectivity index (χ1n) is 5.77. The van der Waals surface area contributed by atoms with Crippen LogP contribution >= 0.6 is 0 Å². The highest BCUT2D eigenvalue weighted by Gasteiger charge is 2.22. The van der Waals surface area contributed by atoms with Gasteiger partial charge in [0.25, 0.3) is 0 Å². The van der Waals surface area contributed by atoms with Crippen LogP contribution in [0.2, 0.25) is 0 Å². The molecule has 1 rings (SSSR count). The van der Waals surface area contributed by atoms with E-state index in [0.29, 0.717) is 19.7 Å². The number of nitro groups is 1. The average molecular weight is 267 g/mol. The number of hydrogen-bond donors (Lipinski definition) is 2. The Balaban J connectivity index is 2.83. The maximum absolute atomic E-state index is 11.1. The maximum Gasteiger partial charge on any atom is 0.353 e. The van der Waals surface area contributed by atoms with E-state index >= 15 is 0 Å². The van der Waals surface area contributed by atoms with Gasteiger partial charge in [-0.25, -0.2) is 9.97 Å².